The highest BCUT2D eigenvalue weighted by Crippen LogP contribution is 2.19. The molecule has 0 spiro atoms. The van der Waals surface area contributed by atoms with Gasteiger partial charge in [-0.2, -0.15) is 0 Å². The minimum Gasteiger partial charge on any atom is -0.367 e. The number of hydrogen-bond acceptors (Lipinski definition) is 3. The molecule has 0 bridgehead atoms. The number of nitrogens with one attached hydrogen (secondary N) is 1. The molecular formula is C11H21N3O. The van der Waals surface area contributed by atoms with Gasteiger partial charge in [0.15, 0.2) is 0 Å². The summed E-state index contributed by atoms with van der Waals surface area (Å²) in [6.45, 7) is 6.08. The molecule has 1 heterocycles. The van der Waals surface area contributed by atoms with E-state index in [-0.39, 0.29) is 12.1 Å². The van der Waals surface area contributed by atoms with Gasteiger partial charge in [-0.1, -0.05) is 20.3 Å². The lowest BCUT2D eigenvalue weighted by Crippen LogP contribution is -2.56. The fraction of sp³-hybridized carbons (Fsp3) is 0.727. The summed E-state index contributed by atoms with van der Waals surface area (Å²) in [5.41, 5.74) is 1.83. The lowest BCUT2D eigenvalue weighted by Gasteiger charge is -2.34. The number of nitrogens with two attached hydrogens (primary N) is 1. The first-order chi connectivity index (χ1) is 7.11. The van der Waals surface area contributed by atoms with Crippen LogP contribution in [-0.2, 0) is 4.79 Å². The number of carbonyl (C=O) groups excluding carboxylic acids is 1. The van der Waals surface area contributed by atoms with Crippen LogP contribution in [0.5, 0.6) is 0 Å². The Balaban J connectivity index is 2.80. The second-order valence-corrected chi connectivity index (χ2v) is 3.99. The van der Waals surface area contributed by atoms with Gasteiger partial charge in [0.2, 0.25) is 0 Å². The van der Waals surface area contributed by atoms with Gasteiger partial charge in [-0.15, -0.1) is 0 Å². The van der Waals surface area contributed by atoms with Gasteiger partial charge in [-0.05, 0) is 26.2 Å². The third kappa shape index (κ3) is 2.50. The van der Waals surface area contributed by atoms with E-state index >= 15 is 0 Å². The van der Waals surface area contributed by atoms with E-state index in [1.165, 1.54) is 5.01 Å². The molecule has 1 aliphatic heterocycles. The summed E-state index contributed by atoms with van der Waals surface area (Å²) in [7, 11) is 0. The van der Waals surface area contributed by atoms with Crippen LogP contribution < -0.4 is 11.2 Å². The maximum Gasteiger partial charge on any atom is 0.267 e. The van der Waals surface area contributed by atoms with Crippen molar-refractivity contribution in [2.75, 3.05) is 0 Å². The third-order valence-electron chi connectivity index (χ3n) is 2.83. The second-order valence-electron chi connectivity index (χ2n) is 3.99. The fourth-order valence-electron chi connectivity index (χ4n) is 1.81. The monoisotopic (exact) mass is 211 g/mol. The summed E-state index contributed by atoms with van der Waals surface area (Å²) in [5.74, 6) is 5.72. The molecular weight excluding hydrogens is 190 g/mol. The van der Waals surface area contributed by atoms with E-state index in [1.807, 2.05) is 13.8 Å². The van der Waals surface area contributed by atoms with E-state index in [4.69, 9.17) is 5.84 Å². The van der Waals surface area contributed by atoms with E-state index in [0.717, 1.165) is 37.0 Å². The molecule has 0 saturated heterocycles. The van der Waals surface area contributed by atoms with E-state index < -0.39 is 0 Å². The van der Waals surface area contributed by atoms with Crippen LogP contribution in [0.15, 0.2) is 11.3 Å². The molecule has 1 amide bonds. The molecule has 4 heteroatoms. The van der Waals surface area contributed by atoms with Crippen molar-refractivity contribution in [2.45, 2.75) is 52.6 Å². The average molecular weight is 211 g/mol. The van der Waals surface area contributed by atoms with Crippen LogP contribution in [0.1, 0.15) is 46.5 Å². The maximum absolute atomic E-state index is 11.9. The van der Waals surface area contributed by atoms with Crippen LogP contribution in [0, 0.1) is 0 Å². The standard InChI is InChI=1S/C11H21N3O/c1-4-6-7-9-8(3)13-10(5-2)14(12)11(9)15/h10,13H,4-7,12H2,1-3H3. The van der Waals surface area contributed by atoms with E-state index in [0.29, 0.717) is 0 Å². The van der Waals surface area contributed by atoms with Crippen molar-refractivity contribution in [2.24, 2.45) is 5.84 Å². The smallest absolute Gasteiger partial charge is 0.267 e. The molecule has 0 radical (unpaired) electrons. The van der Waals surface area contributed by atoms with E-state index in [2.05, 4.69) is 12.2 Å². The molecule has 1 atom stereocenters. The molecule has 1 rings (SSSR count). The minimum atomic E-state index is -0.0529. The first-order valence-electron chi connectivity index (χ1n) is 5.66. The molecule has 0 aromatic heterocycles. The summed E-state index contributed by atoms with van der Waals surface area (Å²) in [4.78, 5) is 11.9. The summed E-state index contributed by atoms with van der Waals surface area (Å²) in [6, 6.07) is 0. The topological polar surface area (TPSA) is 58.4 Å². The number of nitrogens with zero attached hydrogens (tertiary/aromatic N) is 1. The largest absolute Gasteiger partial charge is 0.367 e. The van der Waals surface area contributed by atoms with Crippen molar-refractivity contribution in [1.82, 2.24) is 10.3 Å². The SMILES string of the molecule is CCCCC1=C(C)NC(CC)N(N)C1=O. The Labute approximate surface area is 91.5 Å². The van der Waals surface area contributed by atoms with Gasteiger partial charge in [0, 0.05) is 11.3 Å². The Hall–Kier alpha value is -1.03. The van der Waals surface area contributed by atoms with Gasteiger partial charge >= 0.3 is 0 Å². The molecule has 0 saturated carbocycles. The van der Waals surface area contributed by atoms with Crippen LogP contribution in [0.2, 0.25) is 0 Å². The van der Waals surface area contributed by atoms with Crippen molar-refractivity contribution in [3.63, 3.8) is 0 Å². The van der Waals surface area contributed by atoms with Gasteiger partial charge in [-0.3, -0.25) is 9.80 Å². The number of amides is 1. The Bertz CT molecular complexity index is 273. The van der Waals surface area contributed by atoms with Crippen molar-refractivity contribution < 1.29 is 4.79 Å². The van der Waals surface area contributed by atoms with Crippen LogP contribution >= 0.6 is 0 Å². The molecule has 3 N–H and O–H groups in total. The number of hydrogen-bond donors (Lipinski definition) is 2. The van der Waals surface area contributed by atoms with Crippen LogP contribution in [0.3, 0.4) is 0 Å². The predicted octanol–water partition coefficient (Wildman–Crippen LogP) is 1.49. The fourth-order valence-corrected chi connectivity index (χ4v) is 1.81. The minimum absolute atomic E-state index is 0.0217. The zero-order valence-electron chi connectivity index (χ0n) is 9.84. The quantitative estimate of drug-likeness (QED) is 0.547. The lowest BCUT2D eigenvalue weighted by atomic mass is 10.0. The van der Waals surface area contributed by atoms with Crippen molar-refractivity contribution in [3.05, 3.63) is 11.3 Å². The molecule has 4 nitrogen and oxygen atoms in total. The van der Waals surface area contributed by atoms with Crippen LogP contribution in [0.4, 0.5) is 0 Å². The average Bonchev–Trinajstić information content (AvgIpc) is 2.23. The summed E-state index contributed by atoms with van der Waals surface area (Å²) >= 11 is 0. The molecule has 0 fully saturated rings. The highest BCUT2D eigenvalue weighted by Gasteiger charge is 2.28. The van der Waals surface area contributed by atoms with E-state index in [9.17, 15) is 4.79 Å². The second kappa shape index (κ2) is 5.16. The van der Waals surface area contributed by atoms with Crippen LogP contribution in [-0.4, -0.2) is 17.1 Å². The Kier molecular flexibility index (Phi) is 4.15. The Morgan fingerprint density at radius 2 is 2.13 bits per heavy atom. The normalized spacial score (nSPS) is 22.0. The first kappa shape index (κ1) is 12.0. The first-order valence-corrected chi connectivity index (χ1v) is 5.66. The molecule has 0 aromatic carbocycles. The van der Waals surface area contributed by atoms with Gasteiger partial charge in [0.25, 0.3) is 5.91 Å². The lowest BCUT2D eigenvalue weighted by molar-refractivity contribution is -0.131. The van der Waals surface area contributed by atoms with E-state index in [1.54, 1.807) is 0 Å². The Morgan fingerprint density at radius 3 is 2.67 bits per heavy atom. The van der Waals surface area contributed by atoms with Gasteiger partial charge in [0.1, 0.15) is 6.17 Å². The zero-order chi connectivity index (χ0) is 11.4. The van der Waals surface area contributed by atoms with Crippen molar-refractivity contribution in [1.29, 1.82) is 0 Å². The highest BCUT2D eigenvalue weighted by molar-refractivity contribution is 5.94. The Morgan fingerprint density at radius 1 is 1.47 bits per heavy atom. The zero-order valence-corrected chi connectivity index (χ0v) is 9.84. The van der Waals surface area contributed by atoms with Gasteiger partial charge < -0.3 is 5.32 Å². The molecule has 0 aliphatic carbocycles. The van der Waals surface area contributed by atoms with Crippen molar-refractivity contribution in [3.8, 4) is 0 Å². The molecule has 0 aromatic rings. The molecule has 1 unspecified atom stereocenters. The third-order valence-corrected chi connectivity index (χ3v) is 2.83. The number of carbonyl (C=O) groups is 1. The summed E-state index contributed by atoms with van der Waals surface area (Å²) < 4.78 is 0. The highest BCUT2D eigenvalue weighted by atomic mass is 16.2. The number of unbranched alkanes of at least 4 members (excludes halogenated alkanes) is 1. The maximum atomic E-state index is 11.9. The number of allylic oxidation sites excluding steroid dienone is 1. The molecule has 86 valence electrons. The van der Waals surface area contributed by atoms with Crippen LogP contribution in [0.25, 0.3) is 0 Å². The summed E-state index contributed by atoms with van der Waals surface area (Å²) in [6.07, 6.45) is 3.71. The molecule has 15 heavy (non-hydrogen) atoms. The number of hydrazine groups is 1. The number of rotatable bonds is 4. The molecule has 1 aliphatic rings. The van der Waals surface area contributed by atoms with Gasteiger partial charge in [-0.25, -0.2) is 5.84 Å². The van der Waals surface area contributed by atoms with Crippen molar-refractivity contribution >= 4 is 5.91 Å². The predicted molar refractivity (Wildman–Crippen MR) is 60.5 cm³/mol. The van der Waals surface area contributed by atoms with Gasteiger partial charge in [0.05, 0.1) is 0 Å². The summed E-state index contributed by atoms with van der Waals surface area (Å²) in [5, 5.41) is 4.58.